The van der Waals surface area contributed by atoms with Gasteiger partial charge in [0.25, 0.3) is 0 Å². The molecule has 1 heterocycles. The quantitative estimate of drug-likeness (QED) is 0.197. The number of fused-ring (bicyclic) bond motifs is 10. The fourth-order valence-corrected chi connectivity index (χ4v) is 7.94. The summed E-state index contributed by atoms with van der Waals surface area (Å²) in [6, 6.07) is 55.5. The molecule has 0 fully saturated rings. The smallest absolute Gasteiger partial charge is 0.0546 e. The Morgan fingerprint density at radius 2 is 0.976 bits per heavy atom. The lowest BCUT2D eigenvalue weighted by atomic mass is 9.94. The van der Waals surface area contributed by atoms with Crippen LogP contribution in [-0.4, -0.2) is 0 Å². The third kappa shape index (κ3) is 3.49. The summed E-state index contributed by atoms with van der Waals surface area (Å²) in [5.41, 5.74) is 3.49. The van der Waals surface area contributed by atoms with Gasteiger partial charge < -0.3 is 4.90 Å². The molecule has 2 heteroatoms. The van der Waals surface area contributed by atoms with E-state index in [2.05, 4.69) is 157 Å². The first kappa shape index (κ1) is 23.5. The monoisotopic (exact) mass is 551 g/mol. The minimum atomic E-state index is 1.15. The molecule has 0 unspecified atom stereocenters. The van der Waals surface area contributed by atoms with Crippen molar-refractivity contribution in [2.24, 2.45) is 0 Å². The number of benzene rings is 8. The lowest BCUT2D eigenvalue weighted by Gasteiger charge is -2.28. The van der Waals surface area contributed by atoms with Gasteiger partial charge >= 0.3 is 0 Å². The molecule has 0 spiro atoms. The standard InChI is InChI=1S/C40H25NS/c1-2-13-29(14-3-1)41(30-20-23-34-35-21-18-27-11-5-9-17-33(27)40(35)42-38(34)25-30)37-24-28-12-6-8-16-32(28)39-31-15-7-4-10-26(31)19-22-36(37)39/h1-25H. The molecule has 0 amide bonds. The number of anilines is 3. The molecule has 0 atom stereocenters. The first-order valence-corrected chi connectivity index (χ1v) is 15.2. The molecule has 9 aromatic rings. The van der Waals surface area contributed by atoms with Gasteiger partial charge in [-0.15, -0.1) is 11.3 Å². The lowest BCUT2D eigenvalue weighted by molar-refractivity contribution is 1.31. The highest BCUT2D eigenvalue weighted by atomic mass is 32.1. The van der Waals surface area contributed by atoms with E-state index in [0.29, 0.717) is 0 Å². The van der Waals surface area contributed by atoms with Crippen LogP contribution in [0.4, 0.5) is 17.1 Å². The van der Waals surface area contributed by atoms with Gasteiger partial charge in [0.15, 0.2) is 0 Å². The number of thiophene rings is 1. The van der Waals surface area contributed by atoms with Gasteiger partial charge in [0.1, 0.15) is 0 Å². The molecule has 0 bridgehead atoms. The van der Waals surface area contributed by atoms with Crippen molar-refractivity contribution in [3.63, 3.8) is 0 Å². The van der Waals surface area contributed by atoms with Crippen molar-refractivity contribution in [1.82, 2.24) is 0 Å². The Bertz CT molecular complexity index is 2460. The summed E-state index contributed by atoms with van der Waals surface area (Å²) >= 11 is 1.89. The molecule has 0 radical (unpaired) electrons. The van der Waals surface area contributed by atoms with Crippen LogP contribution < -0.4 is 4.90 Å². The third-order valence-electron chi connectivity index (χ3n) is 8.59. The Hall–Kier alpha value is -5.18. The zero-order chi connectivity index (χ0) is 27.6. The van der Waals surface area contributed by atoms with Crippen LogP contribution in [0.2, 0.25) is 0 Å². The second-order valence-electron chi connectivity index (χ2n) is 10.9. The molecule has 0 aliphatic carbocycles. The van der Waals surface area contributed by atoms with Gasteiger partial charge in [-0.2, -0.15) is 0 Å². The van der Waals surface area contributed by atoms with E-state index in [0.717, 1.165) is 11.4 Å². The van der Waals surface area contributed by atoms with E-state index in [4.69, 9.17) is 0 Å². The highest BCUT2D eigenvalue weighted by molar-refractivity contribution is 7.26. The van der Waals surface area contributed by atoms with Gasteiger partial charge in [-0.05, 0) is 68.0 Å². The maximum Gasteiger partial charge on any atom is 0.0546 e. The van der Waals surface area contributed by atoms with E-state index in [9.17, 15) is 0 Å². The summed E-state index contributed by atoms with van der Waals surface area (Å²) in [6.45, 7) is 0. The summed E-state index contributed by atoms with van der Waals surface area (Å²) in [5, 5.41) is 12.9. The first-order chi connectivity index (χ1) is 20.8. The van der Waals surface area contributed by atoms with Crippen LogP contribution in [0.3, 0.4) is 0 Å². The summed E-state index contributed by atoms with van der Waals surface area (Å²) < 4.78 is 2.66. The molecular formula is C40H25NS. The maximum absolute atomic E-state index is 2.44. The number of hydrogen-bond acceptors (Lipinski definition) is 2. The van der Waals surface area contributed by atoms with Crippen LogP contribution in [0.5, 0.6) is 0 Å². The second-order valence-corrected chi connectivity index (χ2v) is 12.0. The minimum absolute atomic E-state index is 1.15. The largest absolute Gasteiger partial charge is 0.310 e. The van der Waals surface area contributed by atoms with Gasteiger partial charge in [-0.25, -0.2) is 0 Å². The zero-order valence-electron chi connectivity index (χ0n) is 22.8. The molecule has 0 aliphatic rings. The molecule has 0 saturated heterocycles. The van der Waals surface area contributed by atoms with Gasteiger partial charge in [0.2, 0.25) is 0 Å². The predicted molar refractivity (Wildman–Crippen MR) is 184 cm³/mol. The fraction of sp³-hybridized carbons (Fsp3) is 0. The summed E-state index contributed by atoms with van der Waals surface area (Å²) in [5.74, 6) is 0. The van der Waals surface area contributed by atoms with Gasteiger partial charge in [0, 0.05) is 36.9 Å². The van der Waals surface area contributed by atoms with E-state index >= 15 is 0 Å². The Kier molecular flexibility index (Phi) is 5.13. The first-order valence-electron chi connectivity index (χ1n) is 14.4. The van der Waals surface area contributed by atoms with Crippen molar-refractivity contribution in [3.8, 4) is 0 Å². The zero-order valence-corrected chi connectivity index (χ0v) is 23.6. The Labute approximate surface area is 247 Å². The minimum Gasteiger partial charge on any atom is -0.310 e. The lowest BCUT2D eigenvalue weighted by Crippen LogP contribution is -2.10. The molecule has 1 aromatic heterocycles. The maximum atomic E-state index is 2.44. The molecule has 8 aromatic carbocycles. The molecule has 0 aliphatic heterocycles. The number of rotatable bonds is 3. The molecule has 0 N–H and O–H groups in total. The molecular weight excluding hydrogens is 527 g/mol. The van der Waals surface area contributed by atoms with Crippen LogP contribution in [0.25, 0.3) is 63.3 Å². The topological polar surface area (TPSA) is 3.24 Å². The van der Waals surface area contributed by atoms with Crippen LogP contribution >= 0.6 is 11.3 Å². The highest BCUT2D eigenvalue weighted by Crippen LogP contribution is 2.46. The molecule has 0 saturated carbocycles. The van der Waals surface area contributed by atoms with Crippen molar-refractivity contribution in [2.45, 2.75) is 0 Å². The summed E-state index contributed by atoms with van der Waals surface area (Å²) in [4.78, 5) is 2.44. The van der Waals surface area contributed by atoms with Crippen LogP contribution in [0.1, 0.15) is 0 Å². The van der Waals surface area contributed by atoms with Crippen LogP contribution in [0, 0.1) is 0 Å². The molecule has 42 heavy (non-hydrogen) atoms. The number of nitrogens with zero attached hydrogens (tertiary/aromatic N) is 1. The average molecular weight is 552 g/mol. The van der Waals surface area contributed by atoms with Crippen molar-refractivity contribution < 1.29 is 0 Å². The van der Waals surface area contributed by atoms with Gasteiger partial charge in [-0.3, -0.25) is 0 Å². The highest BCUT2D eigenvalue weighted by Gasteiger charge is 2.19. The molecule has 196 valence electrons. The average Bonchev–Trinajstić information content (AvgIpc) is 3.44. The van der Waals surface area contributed by atoms with E-state index in [1.165, 1.54) is 68.9 Å². The molecule has 1 nitrogen and oxygen atoms in total. The van der Waals surface area contributed by atoms with Crippen molar-refractivity contribution in [2.75, 3.05) is 4.90 Å². The van der Waals surface area contributed by atoms with E-state index < -0.39 is 0 Å². The Morgan fingerprint density at radius 1 is 0.381 bits per heavy atom. The summed E-state index contributed by atoms with van der Waals surface area (Å²) in [7, 11) is 0. The Morgan fingerprint density at radius 3 is 1.76 bits per heavy atom. The SMILES string of the molecule is c1ccc(N(c2ccc3c(c2)sc2c4ccccc4ccc32)c2cc3ccccc3c3c2ccc2ccccc23)cc1. The van der Waals surface area contributed by atoms with Gasteiger partial charge in [0.05, 0.1) is 5.69 Å². The predicted octanol–water partition coefficient (Wildman–Crippen LogP) is 12.1. The van der Waals surface area contributed by atoms with E-state index in [1.807, 2.05) is 11.3 Å². The number of hydrogen-bond donors (Lipinski definition) is 0. The van der Waals surface area contributed by atoms with Crippen molar-refractivity contribution in [1.29, 1.82) is 0 Å². The fourth-order valence-electron chi connectivity index (χ4n) is 6.67. The number of para-hydroxylation sites is 1. The summed E-state index contributed by atoms with van der Waals surface area (Å²) in [6.07, 6.45) is 0. The third-order valence-corrected chi connectivity index (χ3v) is 9.79. The second kappa shape index (κ2) is 9.17. The van der Waals surface area contributed by atoms with Crippen LogP contribution in [0.15, 0.2) is 152 Å². The van der Waals surface area contributed by atoms with Crippen molar-refractivity contribution >= 4 is 91.7 Å². The van der Waals surface area contributed by atoms with E-state index in [-0.39, 0.29) is 0 Å². The molecule has 9 rings (SSSR count). The van der Waals surface area contributed by atoms with Gasteiger partial charge in [-0.1, -0.05) is 121 Å². The normalized spacial score (nSPS) is 11.8. The Balaban J connectivity index is 1.36. The van der Waals surface area contributed by atoms with Crippen molar-refractivity contribution in [3.05, 3.63) is 152 Å². The van der Waals surface area contributed by atoms with Crippen LogP contribution in [-0.2, 0) is 0 Å². The van der Waals surface area contributed by atoms with E-state index in [1.54, 1.807) is 0 Å².